The highest BCUT2D eigenvalue weighted by atomic mass is 16.5. The molecule has 1 saturated heterocycles. The molecule has 1 fully saturated rings. The maximum atomic E-state index is 11.8. The van der Waals surface area contributed by atoms with Crippen molar-refractivity contribution in [1.82, 2.24) is 10.2 Å². The Morgan fingerprint density at radius 1 is 1.20 bits per heavy atom. The Hall–Kier alpha value is -2.86. The minimum atomic E-state index is -0.439. The number of phenolic OH excluding ortho intramolecular Hbond substituents is 1. The van der Waals surface area contributed by atoms with E-state index >= 15 is 0 Å². The molecule has 2 aromatic rings. The van der Waals surface area contributed by atoms with Crippen LogP contribution in [0.25, 0.3) is 0 Å². The summed E-state index contributed by atoms with van der Waals surface area (Å²) in [6, 6.07) is 15.5. The first-order chi connectivity index (χ1) is 14.5. The molecule has 1 amide bonds. The normalized spacial score (nSPS) is 20.7. The van der Waals surface area contributed by atoms with Gasteiger partial charge in [-0.15, -0.1) is 0 Å². The average molecular weight is 408 g/mol. The molecule has 4 rings (SSSR count). The number of hydrogen-bond donors (Lipinski definition) is 2. The number of aliphatic imine (C=N–C) groups is 1. The van der Waals surface area contributed by atoms with E-state index in [2.05, 4.69) is 17.4 Å². The van der Waals surface area contributed by atoms with Crippen LogP contribution in [-0.4, -0.2) is 47.0 Å². The highest BCUT2D eigenvalue weighted by molar-refractivity contribution is 6.02. The van der Waals surface area contributed by atoms with Gasteiger partial charge < -0.3 is 14.7 Å². The molecule has 0 bridgehead atoms. The van der Waals surface area contributed by atoms with Gasteiger partial charge in [-0.1, -0.05) is 18.2 Å². The predicted molar refractivity (Wildman–Crippen MR) is 117 cm³/mol. The van der Waals surface area contributed by atoms with Gasteiger partial charge in [0.25, 0.3) is 0 Å². The van der Waals surface area contributed by atoms with Crippen LogP contribution in [0.4, 0.5) is 0 Å². The molecular weight excluding hydrogens is 378 g/mol. The Labute approximate surface area is 177 Å². The lowest BCUT2D eigenvalue weighted by Crippen LogP contribution is -2.56. The zero-order valence-corrected chi connectivity index (χ0v) is 17.6. The van der Waals surface area contributed by atoms with E-state index in [1.165, 1.54) is 0 Å². The van der Waals surface area contributed by atoms with Gasteiger partial charge in [-0.2, -0.15) is 0 Å². The summed E-state index contributed by atoms with van der Waals surface area (Å²) in [6.07, 6.45) is 2.18. The summed E-state index contributed by atoms with van der Waals surface area (Å²) in [4.78, 5) is 18.8. The largest absolute Gasteiger partial charge is 0.508 e. The zero-order valence-electron chi connectivity index (χ0n) is 17.6. The van der Waals surface area contributed by atoms with Gasteiger partial charge in [0.05, 0.1) is 6.61 Å². The predicted octanol–water partition coefficient (Wildman–Crippen LogP) is 3.65. The maximum absolute atomic E-state index is 11.8. The second-order valence-corrected chi connectivity index (χ2v) is 8.01. The Balaban J connectivity index is 1.67. The van der Waals surface area contributed by atoms with E-state index in [0.717, 1.165) is 35.4 Å². The number of rotatable bonds is 4. The first kappa shape index (κ1) is 20.4. The van der Waals surface area contributed by atoms with Gasteiger partial charge in [-0.25, -0.2) is 0 Å². The molecule has 0 radical (unpaired) electrons. The van der Waals surface area contributed by atoms with Gasteiger partial charge in [0.15, 0.2) is 0 Å². The summed E-state index contributed by atoms with van der Waals surface area (Å²) in [5, 5.41) is 14.2. The monoisotopic (exact) mass is 407 g/mol. The summed E-state index contributed by atoms with van der Waals surface area (Å²) in [5.41, 5.74) is 2.52. The van der Waals surface area contributed by atoms with E-state index in [0.29, 0.717) is 31.9 Å². The Kier molecular flexibility index (Phi) is 5.77. The van der Waals surface area contributed by atoms with Gasteiger partial charge in [-0.05, 0) is 42.8 Å². The van der Waals surface area contributed by atoms with Crippen LogP contribution in [0.15, 0.2) is 53.5 Å². The number of carbonyl (C=O) groups is 1. The van der Waals surface area contributed by atoms with E-state index in [-0.39, 0.29) is 11.9 Å². The fraction of sp³-hybridized carbons (Fsp3) is 0.417. The third-order valence-corrected chi connectivity index (χ3v) is 6.04. The summed E-state index contributed by atoms with van der Waals surface area (Å²) < 4.78 is 5.58. The average Bonchev–Trinajstić information content (AvgIpc) is 2.75. The molecule has 1 spiro atoms. The Morgan fingerprint density at radius 3 is 2.53 bits per heavy atom. The van der Waals surface area contributed by atoms with Crippen molar-refractivity contribution in [3.63, 3.8) is 0 Å². The lowest BCUT2D eigenvalue weighted by molar-refractivity contribution is -0.130. The third-order valence-electron chi connectivity index (χ3n) is 6.04. The van der Waals surface area contributed by atoms with Crippen LogP contribution in [0.5, 0.6) is 11.5 Å². The zero-order chi connectivity index (χ0) is 21.1. The van der Waals surface area contributed by atoms with Crippen LogP contribution in [-0.2, 0) is 4.79 Å². The molecule has 2 heterocycles. The van der Waals surface area contributed by atoms with Crippen molar-refractivity contribution in [3.05, 3.63) is 59.7 Å². The van der Waals surface area contributed by atoms with Crippen molar-refractivity contribution in [1.29, 1.82) is 0 Å². The second-order valence-electron chi connectivity index (χ2n) is 8.01. The quantitative estimate of drug-likeness (QED) is 0.811. The number of aromatic hydroxyl groups is 1. The number of amides is 1. The maximum Gasteiger partial charge on any atom is 0.219 e. The SMILES string of the molecule is CCOc1ccc(C2=NC3(CCN(C(C)=O)CC3)NC(c3ccccc3O)C2)cc1. The minimum Gasteiger partial charge on any atom is -0.508 e. The molecular formula is C24H29N3O3. The topological polar surface area (TPSA) is 74.2 Å². The lowest BCUT2D eigenvalue weighted by atomic mass is 9.87. The summed E-state index contributed by atoms with van der Waals surface area (Å²) >= 11 is 0. The number of carbonyl (C=O) groups excluding carboxylic acids is 1. The molecule has 6 nitrogen and oxygen atoms in total. The molecule has 2 aliphatic rings. The number of benzene rings is 2. The van der Waals surface area contributed by atoms with Crippen molar-refractivity contribution < 1.29 is 14.6 Å². The smallest absolute Gasteiger partial charge is 0.219 e. The first-order valence-corrected chi connectivity index (χ1v) is 10.6. The van der Waals surface area contributed by atoms with Gasteiger partial charge >= 0.3 is 0 Å². The van der Waals surface area contributed by atoms with Gasteiger partial charge in [0.1, 0.15) is 17.2 Å². The minimum absolute atomic E-state index is 0.0471. The molecule has 1 atom stereocenters. The molecule has 0 aliphatic carbocycles. The number of likely N-dealkylation sites (tertiary alicyclic amines) is 1. The molecule has 158 valence electrons. The Bertz CT molecular complexity index is 931. The van der Waals surface area contributed by atoms with Gasteiger partial charge in [0.2, 0.25) is 5.91 Å². The van der Waals surface area contributed by atoms with Crippen LogP contribution in [0.3, 0.4) is 0 Å². The van der Waals surface area contributed by atoms with Crippen molar-refractivity contribution in [2.75, 3.05) is 19.7 Å². The van der Waals surface area contributed by atoms with Crippen LogP contribution < -0.4 is 10.1 Å². The molecule has 2 aromatic carbocycles. The lowest BCUT2D eigenvalue weighted by Gasteiger charge is -2.45. The van der Waals surface area contributed by atoms with E-state index in [1.807, 2.05) is 42.2 Å². The molecule has 0 saturated carbocycles. The number of nitrogens with zero attached hydrogens (tertiary/aromatic N) is 2. The molecule has 30 heavy (non-hydrogen) atoms. The first-order valence-electron chi connectivity index (χ1n) is 10.6. The third kappa shape index (κ3) is 4.19. The fourth-order valence-electron chi connectivity index (χ4n) is 4.42. The van der Waals surface area contributed by atoms with Crippen LogP contribution in [0.1, 0.15) is 50.3 Å². The molecule has 2 aliphatic heterocycles. The standard InChI is InChI=1S/C24H29N3O3/c1-3-30-19-10-8-18(9-11-19)21-16-22(20-6-4-5-7-23(20)29)26-24(25-21)12-14-27(15-13-24)17(2)28/h4-11,22,26,29H,3,12-16H2,1-2H3. The van der Waals surface area contributed by atoms with Crippen molar-refractivity contribution in [2.45, 2.75) is 44.8 Å². The van der Waals surface area contributed by atoms with E-state index in [9.17, 15) is 9.90 Å². The number of phenols is 1. The molecule has 1 unspecified atom stereocenters. The summed E-state index contributed by atoms with van der Waals surface area (Å²) in [7, 11) is 0. The summed E-state index contributed by atoms with van der Waals surface area (Å²) in [6.45, 7) is 5.58. The summed E-state index contributed by atoms with van der Waals surface area (Å²) in [5.74, 6) is 1.24. The van der Waals surface area contributed by atoms with Gasteiger partial charge in [0, 0.05) is 56.6 Å². The van der Waals surface area contributed by atoms with E-state index in [4.69, 9.17) is 9.73 Å². The highest BCUT2D eigenvalue weighted by Gasteiger charge is 2.41. The molecule has 6 heteroatoms. The highest BCUT2D eigenvalue weighted by Crippen LogP contribution is 2.37. The second kappa shape index (κ2) is 8.48. The number of nitrogens with one attached hydrogen (secondary N) is 1. The van der Waals surface area contributed by atoms with Crippen LogP contribution >= 0.6 is 0 Å². The Morgan fingerprint density at radius 2 is 1.90 bits per heavy atom. The van der Waals surface area contributed by atoms with Crippen LogP contribution in [0, 0.1) is 0 Å². The van der Waals surface area contributed by atoms with Crippen molar-refractivity contribution in [2.24, 2.45) is 4.99 Å². The number of para-hydroxylation sites is 1. The number of ether oxygens (including phenoxy) is 1. The van der Waals surface area contributed by atoms with Crippen LogP contribution in [0.2, 0.25) is 0 Å². The van der Waals surface area contributed by atoms with Crippen molar-refractivity contribution >= 4 is 11.6 Å². The van der Waals surface area contributed by atoms with E-state index in [1.54, 1.807) is 13.0 Å². The number of piperidine rings is 1. The number of hydrogen-bond acceptors (Lipinski definition) is 5. The fourth-order valence-corrected chi connectivity index (χ4v) is 4.42. The van der Waals surface area contributed by atoms with E-state index < -0.39 is 5.66 Å². The van der Waals surface area contributed by atoms with Crippen molar-refractivity contribution in [3.8, 4) is 11.5 Å². The molecule has 0 aromatic heterocycles. The van der Waals surface area contributed by atoms with Gasteiger partial charge in [-0.3, -0.25) is 15.1 Å². The molecule has 2 N–H and O–H groups in total.